The van der Waals surface area contributed by atoms with Gasteiger partial charge in [-0.15, -0.1) is 0 Å². The average Bonchev–Trinajstić information content (AvgIpc) is 2.26. The number of amides is 1. The molecule has 1 aromatic carbocycles. The summed E-state index contributed by atoms with van der Waals surface area (Å²) in [5.74, 6) is -1.74. The molecule has 0 bridgehead atoms. The highest BCUT2D eigenvalue weighted by molar-refractivity contribution is 14.1. The summed E-state index contributed by atoms with van der Waals surface area (Å²) in [4.78, 5) is 22.1. The standard InChI is InChI=1S/C11H12INO3/c1-7(11(15)16)6-13-10(14)8-2-4-9(12)5-3-8/h2-5,7H,6H2,1H3,(H,13,14)(H,15,16). The van der Waals surface area contributed by atoms with Gasteiger partial charge in [-0.25, -0.2) is 0 Å². The number of hydrogen-bond donors (Lipinski definition) is 2. The number of carbonyl (C=O) groups is 2. The Morgan fingerprint density at radius 2 is 1.94 bits per heavy atom. The number of rotatable bonds is 4. The molecule has 0 heterocycles. The van der Waals surface area contributed by atoms with E-state index in [2.05, 4.69) is 27.9 Å². The normalized spacial score (nSPS) is 11.9. The lowest BCUT2D eigenvalue weighted by atomic mass is 10.1. The van der Waals surface area contributed by atoms with Crippen LogP contribution in [0.1, 0.15) is 17.3 Å². The van der Waals surface area contributed by atoms with Crippen LogP contribution in [0.3, 0.4) is 0 Å². The fourth-order valence-corrected chi connectivity index (χ4v) is 1.40. The van der Waals surface area contributed by atoms with E-state index < -0.39 is 11.9 Å². The topological polar surface area (TPSA) is 66.4 Å². The first-order valence-corrected chi connectivity index (χ1v) is 5.85. The van der Waals surface area contributed by atoms with Crippen molar-refractivity contribution in [3.63, 3.8) is 0 Å². The lowest BCUT2D eigenvalue weighted by Gasteiger charge is -2.08. The zero-order valence-corrected chi connectivity index (χ0v) is 10.9. The minimum absolute atomic E-state index is 0.139. The molecule has 0 aromatic heterocycles. The van der Waals surface area contributed by atoms with E-state index in [1.54, 1.807) is 19.1 Å². The lowest BCUT2D eigenvalue weighted by molar-refractivity contribution is -0.140. The zero-order chi connectivity index (χ0) is 12.1. The van der Waals surface area contributed by atoms with Crippen LogP contribution >= 0.6 is 22.6 Å². The quantitative estimate of drug-likeness (QED) is 0.825. The van der Waals surface area contributed by atoms with Gasteiger partial charge in [-0.05, 0) is 46.9 Å². The summed E-state index contributed by atoms with van der Waals surface area (Å²) in [5.41, 5.74) is 0.540. The minimum Gasteiger partial charge on any atom is -0.481 e. The highest BCUT2D eigenvalue weighted by atomic mass is 127. The van der Waals surface area contributed by atoms with Gasteiger partial charge in [0.15, 0.2) is 0 Å². The van der Waals surface area contributed by atoms with Crippen molar-refractivity contribution in [3.05, 3.63) is 33.4 Å². The highest BCUT2D eigenvalue weighted by Crippen LogP contribution is 2.06. The smallest absolute Gasteiger partial charge is 0.308 e. The molecule has 0 aliphatic carbocycles. The van der Waals surface area contributed by atoms with Crippen LogP contribution in [-0.2, 0) is 4.79 Å². The summed E-state index contributed by atoms with van der Waals surface area (Å²) in [7, 11) is 0. The first-order chi connectivity index (χ1) is 7.50. The van der Waals surface area contributed by atoms with Gasteiger partial charge in [0.2, 0.25) is 0 Å². The van der Waals surface area contributed by atoms with Crippen molar-refractivity contribution in [2.75, 3.05) is 6.54 Å². The van der Waals surface area contributed by atoms with Gasteiger partial charge in [0.25, 0.3) is 5.91 Å². The number of hydrogen-bond acceptors (Lipinski definition) is 2. The molecule has 0 aliphatic rings. The van der Waals surface area contributed by atoms with Crippen molar-refractivity contribution in [1.82, 2.24) is 5.32 Å². The van der Waals surface area contributed by atoms with Crippen molar-refractivity contribution in [2.24, 2.45) is 5.92 Å². The number of aliphatic carboxylic acids is 1. The first kappa shape index (κ1) is 13.0. The average molecular weight is 333 g/mol. The van der Waals surface area contributed by atoms with Crippen LogP contribution in [0.2, 0.25) is 0 Å². The number of carboxylic acids is 1. The Hall–Kier alpha value is -1.11. The molecular formula is C11H12INO3. The Labute approximate surface area is 107 Å². The van der Waals surface area contributed by atoms with Gasteiger partial charge in [-0.3, -0.25) is 9.59 Å². The molecule has 0 saturated carbocycles. The van der Waals surface area contributed by atoms with E-state index in [0.29, 0.717) is 5.56 Å². The Bertz CT molecular complexity index is 389. The predicted octanol–water partition coefficient (Wildman–Crippen LogP) is 1.74. The van der Waals surface area contributed by atoms with E-state index in [1.807, 2.05) is 12.1 Å². The maximum atomic E-state index is 11.6. The van der Waals surface area contributed by atoms with Gasteiger partial charge in [-0.1, -0.05) is 6.92 Å². The molecule has 2 N–H and O–H groups in total. The van der Waals surface area contributed by atoms with Gasteiger partial charge >= 0.3 is 5.97 Å². The third-order valence-electron chi connectivity index (χ3n) is 2.10. The lowest BCUT2D eigenvalue weighted by Crippen LogP contribution is -2.31. The third kappa shape index (κ3) is 3.80. The van der Waals surface area contributed by atoms with Crippen LogP contribution in [0.5, 0.6) is 0 Å². The Balaban J connectivity index is 2.53. The number of halogens is 1. The van der Waals surface area contributed by atoms with E-state index in [-0.39, 0.29) is 12.5 Å². The van der Waals surface area contributed by atoms with Gasteiger partial charge in [0, 0.05) is 15.7 Å². The van der Waals surface area contributed by atoms with Crippen molar-refractivity contribution in [3.8, 4) is 0 Å². The fraction of sp³-hybridized carbons (Fsp3) is 0.273. The maximum Gasteiger partial charge on any atom is 0.308 e. The molecule has 1 atom stereocenters. The molecular weight excluding hydrogens is 321 g/mol. The number of nitrogens with one attached hydrogen (secondary N) is 1. The van der Waals surface area contributed by atoms with E-state index >= 15 is 0 Å². The summed E-state index contributed by atoms with van der Waals surface area (Å²) in [6.45, 7) is 1.69. The van der Waals surface area contributed by atoms with E-state index in [9.17, 15) is 9.59 Å². The molecule has 1 unspecified atom stereocenters. The van der Waals surface area contributed by atoms with Crippen LogP contribution in [0.4, 0.5) is 0 Å². The first-order valence-electron chi connectivity index (χ1n) is 4.77. The molecule has 16 heavy (non-hydrogen) atoms. The molecule has 4 nitrogen and oxygen atoms in total. The van der Waals surface area contributed by atoms with Gasteiger partial charge < -0.3 is 10.4 Å². The Morgan fingerprint density at radius 3 is 2.44 bits per heavy atom. The maximum absolute atomic E-state index is 11.6. The summed E-state index contributed by atoms with van der Waals surface area (Å²) in [6, 6.07) is 7.08. The molecule has 1 amide bonds. The van der Waals surface area contributed by atoms with Crippen molar-refractivity contribution >= 4 is 34.5 Å². The Kier molecular flexibility index (Phi) is 4.72. The minimum atomic E-state index is -0.914. The second-order valence-electron chi connectivity index (χ2n) is 3.46. The monoisotopic (exact) mass is 333 g/mol. The summed E-state index contributed by atoms with van der Waals surface area (Å²) in [5, 5.41) is 11.2. The Morgan fingerprint density at radius 1 is 1.38 bits per heavy atom. The predicted molar refractivity (Wildman–Crippen MR) is 68.3 cm³/mol. The largest absolute Gasteiger partial charge is 0.481 e. The van der Waals surface area contributed by atoms with Crippen molar-refractivity contribution < 1.29 is 14.7 Å². The van der Waals surface area contributed by atoms with Crippen LogP contribution < -0.4 is 5.32 Å². The van der Waals surface area contributed by atoms with Gasteiger partial charge in [0.05, 0.1) is 5.92 Å². The highest BCUT2D eigenvalue weighted by Gasteiger charge is 2.12. The summed E-state index contributed by atoms with van der Waals surface area (Å²) >= 11 is 2.15. The van der Waals surface area contributed by atoms with E-state index in [1.165, 1.54) is 0 Å². The zero-order valence-electron chi connectivity index (χ0n) is 8.74. The molecule has 0 spiro atoms. The number of carbonyl (C=O) groups excluding carboxylic acids is 1. The number of benzene rings is 1. The molecule has 0 saturated heterocycles. The van der Waals surface area contributed by atoms with E-state index in [4.69, 9.17) is 5.11 Å². The van der Waals surface area contributed by atoms with Gasteiger partial charge in [0.1, 0.15) is 0 Å². The van der Waals surface area contributed by atoms with Crippen LogP contribution in [0.15, 0.2) is 24.3 Å². The molecule has 0 fully saturated rings. The molecule has 1 rings (SSSR count). The molecule has 1 aromatic rings. The number of carboxylic acid groups (broad SMARTS) is 1. The second-order valence-corrected chi connectivity index (χ2v) is 4.70. The molecule has 86 valence electrons. The van der Waals surface area contributed by atoms with Crippen molar-refractivity contribution in [2.45, 2.75) is 6.92 Å². The molecule has 5 heteroatoms. The SMILES string of the molecule is CC(CNC(=O)c1ccc(I)cc1)C(=O)O. The third-order valence-corrected chi connectivity index (χ3v) is 2.82. The van der Waals surface area contributed by atoms with Gasteiger partial charge in [-0.2, -0.15) is 0 Å². The van der Waals surface area contributed by atoms with E-state index in [0.717, 1.165) is 3.57 Å². The van der Waals surface area contributed by atoms with Crippen LogP contribution in [0, 0.1) is 9.49 Å². The van der Waals surface area contributed by atoms with Crippen LogP contribution in [0.25, 0.3) is 0 Å². The molecule has 0 radical (unpaired) electrons. The second kappa shape index (κ2) is 5.83. The summed E-state index contributed by atoms with van der Waals surface area (Å²) in [6.07, 6.45) is 0. The van der Waals surface area contributed by atoms with Crippen LogP contribution in [-0.4, -0.2) is 23.5 Å². The van der Waals surface area contributed by atoms with Crippen molar-refractivity contribution in [1.29, 1.82) is 0 Å². The fourth-order valence-electron chi connectivity index (χ4n) is 1.04. The molecule has 0 aliphatic heterocycles. The summed E-state index contributed by atoms with van der Waals surface area (Å²) < 4.78 is 1.05.